The summed E-state index contributed by atoms with van der Waals surface area (Å²) in [4.78, 5) is 16.8. The van der Waals surface area contributed by atoms with Crippen molar-refractivity contribution in [2.75, 3.05) is 5.32 Å². The number of nitrogens with zero attached hydrogens (tertiary/aromatic N) is 4. The Labute approximate surface area is 185 Å². The maximum absolute atomic E-state index is 12.9. The molecular formula is C23H27F2N5O2. The molecule has 0 aromatic carbocycles. The Balaban J connectivity index is 1.43. The van der Waals surface area contributed by atoms with Crippen LogP contribution in [0.25, 0.3) is 11.1 Å². The molecular weight excluding hydrogens is 416 g/mol. The molecule has 3 heterocycles. The molecule has 7 nitrogen and oxygen atoms in total. The van der Waals surface area contributed by atoms with Crippen LogP contribution in [-0.4, -0.2) is 32.0 Å². The summed E-state index contributed by atoms with van der Waals surface area (Å²) in [6.45, 7) is -0.328. The van der Waals surface area contributed by atoms with E-state index >= 15 is 0 Å². The second kappa shape index (κ2) is 9.50. The quantitative estimate of drug-likeness (QED) is 0.586. The third kappa shape index (κ3) is 4.98. The molecule has 32 heavy (non-hydrogen) atoms. The molecule has 1 aliphatic rings. The predicted octanol–water partition coefficient (Wildman–Crippen LogP) is 4.40. The predicted molar refractivity (Wildman–Crippen MR) is 118 cm³/mol. The lowest BCUT2D eigenvalue weighted by atomic mass is 9.82. The molecule has 0 aliphatic heterocycles. The largest absolute Gasteiger partial charge is 0.417 e. The molecule has 0 amide bonds. The number of pyridine rings is 2. The summed E-state index contributed by atoms with van der Waals surface area (Å²) in [7, 11) is 1.87. The standard InChI is InChI=1S/C23H27F2N5O2/c1-3-30-14-17(18-12-27-29(2)13-18)10-20(22(30)31)28-19-7-4-15(5-8-19)16-6-9-21(26-11-16)32-23(24)25/h6,9-15,19,23,28H,3-5,7-8H2,1-2H3. The van der Waals surface area contributed by atoms with E-state index in [1.165, 1.54) is 6.07 Å². The molecule has 0 radical (unpaired) electrons. The van der Waals surface area contributed by atoms with Crippen LogP contribution in [0, 0.1) is 0 Å². The van der Waals surface area contributed by atoms with E-state index in [1.807, 2.05) is 32.4 Å². The van der Waals surface area contributed by atoms with Crippen LogP contribution in [0.15, 0.2) is 47.8 Å². The van der Waals surface area contributed by atoms with Gasteiger partial charge in [0.05, 0.1) is 6.20 Å². The van der Waals surface area contributed by atoms with E-state index < -0.39 is 6.61 Å². The first-order valence-corrected chi connectivity index (χ1v) is 10.8. The second-order valence-corrected chi connectivity index (χ2v) is 8.14. The number of hydrogen-bond donors (Lipinski definition) is 1. The van der Waals surface area contributed by atoms with Crippen LogP contribution >= 0.6 is 0 Å². The van der Waals surface area contributed by atoms with E-state index in [1.54, 1.807) is 27.7 Å². The highest BCUT2D eigenvalue weighted by molar-refractivity contribution is 5.65. The number of anilines is 1. The molecule has 3 aromatic rings. The molecule has 3 aromatic heterocycles. The number of rotatable bonds is 7. The number of nitrogens with one attached hydrogen (secondary N) is 1. The van der Waals surface area contributed by atoms with Gasteiger partial charge in [0.1, 0.15) is 5.69 Å². The summed E-state index contributed by atoms with van der Waals surface area (Å²) in [5, 5.41) is 7.70. The van der Waals surface area contributed by atoms with Gasteiger partial charge >= 0.3 is 6.61 Å². The van der Waals surface area contributed by atoms with E-state index in [4.69, 9.17) is 0 Å². The summed E-state index contributed by atoms with van der Waals surface area (Å²) in [6.07, 6.45) is 10.9. The van der Waals surface area contributed by atoms with E-state index in [2.05, 4.69) is 20.1 Å². The van der Waals surface area contributed by atoms with Crippen molar-refractivity contribution in [2.45, 2.75) is 57.7 Å². The van der Waals surface area contributed by atoms with Crippen LogP contribution in [0.4, 0.5) is 14.5 Å². The van der Waals surface area contributed by atoms with Crippen LogP contribution in [0.3, 0.4) is 0 Å². The van der Waals surface area contributed by atoms with Crippen molar-refractivity contribution in [1.82, 2.24) is 19.3 Å². The first-order chi connectivity index (χ1) is 15.4. The first kappa shape index (κ1) is 22.0. The van der Waals surface area contributed by atoms with Crippen LogP contribution in [0.5, 0.6) is 5.88 Å². The van der Waals surface area contributed by atoms with Gasteiger partial charge in [0, 0.05) is 55.4 Å². The van der Waals surface area contributed by atoms with Crippen LogP contribution in [-0.2, 0) is 13.6 Å². The van der Waals surface area contributed by atoms with E-state index in [0.29, 0.717) is 18.2 Å². The SMILES string of the molecule is CCn1cc(-c2cnn(C)c2)cc(NC2CCC(c3ccc(OC(F)F)nc3)CC2)c1=O. The fraction of sp³-hybridized carbons (Fsp3) is 0.435. The zero-order valence-electron chi connectivity index (χ0n) is 18.2. The van der Waals surface area contributed by atoms with Gasteiger partial charge in [0.15, 0.2) is 0 Å². The topological polar surface area (TPSA) is 74.0 Å². The molecule has 0 unspecified atom stereocenters. The number of aromatic nitrogens is 4. The highest BCUT2D eigenvalue weighted by atomic mass is 19.3. The third-order valence-corrected chi connectivity index (χ3v) is 5.99. The van der Waals surface area contributed by atoms with Crippen molar-refractivity contribution in [3.05, 3.63) is 58.9 Å². The second-order valence-electron chi connectivity index (χ2n) is 8.14. The molecule has 4 rings (SSSR count). The Hall–Kier alpha value is -3.23. The van der Waals surface area contributed by atoms with Crippen molar-refractivity contribution in [3.63, 3.8) is 0 Å². The van der Waals surface area contributed by atoms with Gasteiger partial charge in [-0.15, -0.1) is 0 Å². The van der Waals surface area contributed by atoms with Crippen molar-refractivity contribution < 1.29 is 13.5 Å². The Bertz CT molecular complexity index is 1100. The van der Waals surface area contributed by atoms with Crippen molar-refractivity contribution in [1.29, 1.82) is 0 Å². The van der Waals surface area contributed by atoms with Crippen LogP contribution in [0.1, 0.15) is 44.1 Å². The Morgan fingerprint density at radius 2 is 1.94 bits per heavy atom. The number of aryl methyl sites for hydroxylation is 2. The molecule has 9 heteroatoms. The third-order valence-electron chi connectivity index (χ3n) is 5.99. The molecule has 0 saturated heterocycles. The fourth-order valence-corrected chi connectivity index (χ4v) is 4.29. The lowest BCUT2D eigenvalue weighted by Gasteiger charge is -2.30. The first-order valence-electron chi connectivity index (χ1n) is 10.8. The molecule has 0 spiro atoms. The highest BCUT2D eigenvalue weighted by Gasteiger charge is 2.24. The van der Waals surface area contributed by atoms with Crippen LogP contribution in [0.2, 0.25) is 0 Å². The minimum absolute atomic E-state index is 0.0268. The molecule has 1 N–H and O–H groups in total. The van der Waals surface area contributed by atoms with E-state index in [-0.39, 0.29) is 17.5 Å². The summed E-state index contributed by atoms with van der Waals surface area (Å²) >= 11 is 0. The monoisotopic (exact) mass is 443 g/mol. The molecule has 170 valence electrons. The summed E-state index contributed by atoms with van der Waals surface area (Å²) in [6, 6.07) is 5.40. The maximum Gasteiger partial charge on any atom is 0.388 e. The summed E-state index contributed by atoms with van der Waals surface area (Å²) in [5.41, 5.74) is 3.52. The maximum atomic E-state index is 12.9. The lowest BCUT2D eigenvalue weighted by Crippen LogP contribution is -2.30. The van der Waals surface area contributed by atoms with Crippen molar-refractivity contribution >= 4 is 5.69 Å². The number of ether oxygens (including phenoxy) is 1. The van der Waals surface area contributed by atoms with Crippen molar-refractivity contribution in [3.8, 4) is 17.0 Å². The average Bonchev–Trinajstić information content (AvgIpc) is 3.22. The van der Waals surface area contributed by atoms with Crippen molar-refractivity contribution in [2.24, 2.45) is 7.05 Å². The molecule has 0 bridgehead atoms. The molecule has 0 atom stereocenters. The smallest absolute Gasteiger partial charge is 0.388 e. The average molecular weight is 443 g/mol. The van der Waals surface area contributed by atoms with Gasteiger partial charge in [0.25, 0.3) is 5.56 Å². The normalized spacial score (nSPS) is 18.7. The number of halogens is 2. The van der Waals surface area contributed by atoms with Gasteiger partial charge in [0.2, 0.25) is 5.88 Å². The number of hydrogen-bond acceptors (Lipinski definition) is 5. The van der Waals surface area contributed by atoms with Gasteiger partial charge in [-0.2, -0.15) is 13.9 Å². The zero-order chi connectivity index (χ0) is 22.7. The number of alkyl halides is 2. The van der Waals surface area contributed by atoms with Gasteiger partial charge in [-0.25, -0.2) is 4.98 Å². The molecule has 1 fully saturated rings. The summed E-state index contributed by atoms with van der Waals surface area (Å²) < 4.78 is 32.4. The van der Waals surface area contributed by atoms with Gasteiger partial charge < -0.3 is 14.6 Å². The molecule has 1 aliphatic carbocycles. The Morgan fingerprint density at radius 3 is 2.53 bits per heavy atom. The van der Waals surface area contributed by atoms with Crippen LogP contribution < -0.4 is 15.6 Å². The van der Waals surface area contributed by atoms with E-state index in [0.717, 1.165) is 42.4 Å². The fourth-order valence-electron chi connectivity index (χ4n) is 4.29. The van der Waals surface area contributed by atoms with E-state index in [9.17, 15) is 13.6 Å². The van der Waals surface area contributed by atoms with Gasteiger partial charge in [-0.3, -0.25) is 9.48 Å². The minimum atomic E-state index is -2.87. The van der Waals surface area contributed by atoms with Gasteiger partial charge in [-0.1, -0.05) is 6.07 Å². The highest BCUT2D eigenvalue weighted by Crippen LogP contribution is 2.34. The Morgan fingerprint density at radius 1 is 1.16 bits per heavy atom. The lowest BCUT2D eigenvalue weighted by molar-refractivity contribution is -0.0528. The zero-order valence-corrected chi connectivity index (χ0v) is 18.2. The summed E-state index contributed by atoms with van der Waals surface area (Å²) in [5.74, 6) is 0.245. The Kier molecular flexibility index (Phi) is 6.53. The van der Waals surface area contributed by atoms with Gasteiger partial charge in [-0.05, 0) is 50.2 Å². The minimum Gasteiger partial charge on any atom is -0.417 e. The molecule has 1 saturated carbocycles.